The largest absolute Gasteiger partial charge is 0.482 e. The summed E-state index contributed by atoms with van der Waals surface area (Å²) in [5.41, 5.74) is 4.08. The second-order valence-electron chi connectivity index (χ2n) is 7.31. The fourth-order valence-corrected chi connectivity index (χ4v) is 4.15. The molecule has 0 atom stereocenters. The van der Waals surface area contributed by atoms with Crippen LogP contribution in [0.25, 0.3) is 11.3 Å². The molecule has 1 saturated carbocycles. The minimum atomic E-state index is -0.419. The number of ether oxygens (including phenoxy) is 1. The molecule has 136 valence electrons. The highest BCUT2D eigenvalue weighted by molar-refractivity contribution is 5.97. The number of para-hydroxylation sites is 1. The van der Waals surface area contributed by atoms with E-state index in [9.17, 15) is 4.79 Å². The van der Waals surface area contributed by atoms with Crippen LogP contribution in [0.4, 0.5) is 0 Å². The highest BCUT2D eigenvalue weighted by atomic mass is 16.5. The molecule has 2 aromatic carbocycles. The van der Waals surface area contributed by atoms with Gasteiger partial charge in [0, 0.05) is 19.2 Å². The van der Waals surface area contributed by atoms with Gasteiger partial charge < -0.3 is 10.1 Å². The average molecular weight is 359 g/mol. The van der Waals surface area contributed by atoms with Crippen molar-refractivity contribution in [2.24, 2.45) is 7.05 Å². The zero-order valence-corrected chi connectivity index (χ0v) is 15.2. The van der Waals surface area contributed by atoms with E-state index in [2.05, 4.69) is 10.4 Å². The van der Waals surface area contributed by atoms with E-state index < -0.39 is 5.60 Å². The van der Waals surface area contributed by atoms with Crippen LogP contribution in [-0.4, -0.2) is 15.7 Å². The SMILES string of the molecule is Cn1nc(C(=O)NCc2ccccc2)c2c1-c1ccccc1OC21CCC1. The van der Waals surface area contributed by atoms with Gasteiger partial charge in [0.25, 0.3) is 5.91 Å². The number of amides is 1. The Hall–Kier alpha value is -3.08. The van der Waals surface area contributed by atoms with Crippen molar-refractivity contribution in [3.05, 3.63) is 71.4 Å². The van der Waals surface area contributed by atoms with Crippen LogP contribution in [0.15, 0.2) is 54.6 Å². The van der Waals surface area contributed by atoms with Crippen LogP contribution in [0.1, 0.15) is 40.9 Å². The molecule has 1 aromatic heterocycles. The molecule has 27 heavy (non-hydrogen) atoms. The number of nitrogens with one attached hydrogen (secondary N) is 1. The number of rotatable bonds is 3. The molecule has 1 aliphatic heterocycles. The average Bonchev–Trinajstić information content (AvgIpc) is 3.03. The molecule has 1 spiro atoms. The Balaban J connectivity index is 1.55. The summed E-state index contributed by atoms with van der Waals surface area (Å²) in [6, 6.07) is 17.9. The number of benzene rings is 2. The monoisotopic (exact) mass is 359 g/mol. The van der Waals surface area contributed by atoms with E-state index in [4.69, 9.17) is 4.74 Å². The van der Waals surface area contributed by atoms with E-state index in [1.807, 2.05) is 66.3 Å². The molecule has 1 aliphatic carbocycles. The lowest BCUT2D eigenvalue weighted by Crippen LogP contribution is -2.44. The highest BCUT2D eigenvalue weighted by Crippen LogP contribution is 2.54. The summed E-state index contributed by atoms with van der Waals surface area (Å²) in [5.74, 6) is 0.730. The molecule has 2 aliphatic rings. The topological polar surface area (TPSA) is 56.2 Å². The van der Waals surface area contributed by atoms with Gasteiger partial charge in [-0.15, -0.1) is 0 Å². The second-order valence-corrected chi connectivity index (χ2v) is 7.31. The number of aromatic nitrogens is 2. The van der Waals surface area contributed by atoms with Gasteiger partial charge in [0.1, 0.15) is 11.4 Å². The number of fused-ring (bicyclic) bond motifs is 4. The normalized spacial score (nSPS) is 16.0. The summed E-state index contributed by atoms with van der Waals surface area (Å²) in [5, 5.41) is 7.62. The van der Waals surface area contributed by atoms with E-state index in [-0.39, 0.29) is 5.91 Å². The first-order valence-electron chi connectivity index (χ1n) is 9.36. The van der Waals surface area contributed by atoms with Gasteiger partial charge in [-0.3, -0.25) is 9.48 Å². The van der Waals surface area contributed by atoms with Gasteiger partial charge in [-0.2, -0.15) is 5.10 Å². The van der Waals surface area contributed by atoms with Gasteiger partial charge in [-0.05, 0) is 37.0 Å². The van der Waals surface area contributed by atoms with Crippen LogP contribution in [-0.2, 0) is 19.2 Å². The number of aryl methyl sites for hydroxylation is 1. The van der Waals surface area contributed by atoms with Gasteiger partial charge in [0.05, 0.1) is 11.3 Å². The van der Waals surface area contributed by atoms with Crippen molar-refractivity contribution in [3.63, 3.8) is 0 Å². The molecule has 1 fully saturated rings. The Morgan fingerprint density at radius 3 is 2.63 bits per heavy atom. The number of hydrogen-bond acceptors (Lipinski definition) is 3. The van der Waals surface area contributed by atoms with E-state index >= 15 is 0 Å². The fourth-order valence-electron chi connectivity index (χ4n) is 4.15. The van der Waals surface area contributed by atoms with Crippen molar-refractivity contribution in [2.45, 2.75) is 31.4 Å². The molecule has 2 heterocycles. The fraction of sp³-hybridized carbons (Fsp3) is 0.273. The van der Waals surface area contributed by atoms with Crippen LogP contribution in [0.5, 0.6) is 5.75 Å². The van der Waals surface area contributed by atoms with E-state index in [0.29, 0.717) is 12.2 Å². The lowest BCUT2D eigenvalue weighted by Gasteiger charge is -2.45. The minimum absolute atomic E-state index is 0.148. The first kappa shape index (κ1) is 16.1. The predicted molar refractivity (Wildman–Crippen MR) is 102 cm³/mol. The lowest BCUT2D eigenvalue weighted by atomic mass is 9.71. The predicted octanol–water partition coefficient (Wildman–Crippen LogP) is 3.79. The van der Waals surface area contributed by atoms with Crippen molar-refractivity contribution >= 4 is 5.91 Å². The molecule has 0 unspecified atom stereocenters. The first-order valence-corrected chi connectivity index (χ1v) is 9.36. The van der Waals surface area contributed by atoms with Crippen molar-refractivity contribution in [1.29, 1.82) is 0 Å². The van der Waals surface area contributed by atoms with Crippen molar-refractivity contribution in [3.8, 4) is 17.0 Å². The Morgan fingerprint density at radius 1 is 1.15 bits per heavy atom. The highest BCUT2D eigenvalue weighted by Gasteiger charge is 2.50. The van der Waals surface area contributed by atoms with Gasteiger partial charge in [0.2, 0.25) is 0 Å². The van der Waals surface area contributed by atoms with Gasteiger partial charge >= 0.3 is 0 Å². The van der Waals surface area contributed by atoms with Crippen molar-refractivity contribution in [1.82, 2.24) is 15.1 Å². The maximum atomic E-state index is 13.0. The summed E-state index contributed by atoms with van der Waals surface area (Å²) < 4.78 is 8.24. The number of carbonyl (C=O) groups excluding carboxylic acids is 1. The maximum absolute atomic E-state index is 13.0. The van der Waals surface area contributed by atoms with E-state index in [0.717, 1.165) is 47.4 Å². The Morgan fingerprint density at radius 2 is 1.89 bits per heavy atom. The third kappa shape index (κ3) is 2.46. The minimum Gasteiger partial charge on any atom is -0.482 e. The van der Waals surface area contributed by atoms with Crippen LogP contribution in [0.2, 0.25) is 0 Å². The molecule has 5 rings (SSSR count). The number of carbonyl (C=O) groups is 1. The third-order valence-electron chi connectivity index (χ3n) is 5.62. The Bertz CT molecular complexity index is 1020. The molecule has 0 radical (unpaired) electrons. The smallest absolute Gasteiger partial charge is 0.272 e. The second kappa shape index (κ2) is 5.98. The summed E-state index contributed by atoms with van der Waals surface area (Å²) in [4.78, 5) is 13.0. The van der Waals surface area contributed by atoms with Gasteiger partial charge in [-0.25, -0.2) is 0 Å². The molecule has 0 bridgehead atoms. The molecular formula is C22H21N3O2. The quantitative estimate of drug-likeness (QED) is 0.774. The Kier molecular flexibility index (Phi) is 3.57. The van der Waals surface area contributed by atoms with E-state index in [1.54, 1.807) is 0 Å². The molecule has 0 saturated heterocycles. The van der Waals surface area contributed by atoms with Crippen LogP contribution in [0.3, 0.4) is 0 Å². The molecule has 5 nitrogen and oxygen atoms in total. The zero-order valence-electron chi connectivity index (χ0n) is 15.2. The van der Waals surface area contributed by atoms with Gasteiger partial charge in [0.15, 0.2) is 5.69 Å². The van der Waals surface area contributed by atoms with Gasteiger partial charge in [-0.1, -0.05) is 42.5 Å². The van der Waals surface area contributed by atoms with Crippen LogP contribution < -0.4 is 10.1 Å². The van der Waals surface area contributed by atoms with E-state index in [1.165, 1.54) is 0 Å². The third-order valence-corrected chi connectivity index (χ3v) is 5.62. The zero-order chi connectivity index (χ0) is 18.4. The number of nitrogens with zero attached hydrogens (tertiary/aromatic N) is 2. The molecule has 3 aromatic rings. The van der Waals surface area contributed by atoms with Crippen molar-refractivity contribution in [2.75, 3.05) is 0 Å². The molecule has 1 amide bonds. The molecule has 5 heteroatoms. The Labute approximate surface area is 158 Å². The van der Waals surface area contributed by atoms with Crippen molar-refractivity contribution < 1.29 is 9.53 Å². The first-order chi connectivity index (χ1) is 13.2. The summed E-state index contributed by atoms with van der Waals surface area (Å²) in [7, 11) is 1.90. The summed E-state index contributed by atoms with van der Waals surface area (Å²) in [6.45, 7) is 0.482. The standard InChI is InChI=1S/C22H21N3O2/c1-25-20-16-10-5-6-11-17(16)27-22(12-7-13-22)18(20)19(24-25)21(26)23-14-15-8-3-2-4-9-15/h2-6,8-11H,7,12-14H2,1H3,(H,23,26). The molecule has 1 N–H and O–H groups in total. The number of hydrogen-bond donors (Lipinski definition) is 1. The maximum Gasteiger partial charge on any atom is 0.272 e. The molecular weight excluding hydrogens is 338 g/mol. The van der Waals surface area contributed by atoms with Crippen LogP contribution in [0, 0.1) is 0 Å². The summed E-state index contributed by atoms with van der Waals surface area (Å²) in [6.07, 6.45) is 2.93. The lowest BCUT2D eigenvalue weighted by molar-refractivity contribution is -0.0151. The van der Waals surface area contributed by atoms with Crippen LogP contribution >= 0.6 is 0 Å². The summed E-state index contributed by atoms with van der Waals surface area (Å²) >= 11 is 0.